The summed E-state index contributed by atoms with van der Waals surface area (Å²) in [5, 5.41) is 59.2. The number of fused-ring (bicyclic) bond motifs is 1. The first-order valence-corrected chi connectivity index (χ1v) is 8.24. The van der Waals surface area contributed by atoms with Gasteiger partial charge in [-0.1, -0.05) is 11.6 Å². The van der Waals surface area contributed by atoms with E-state index >= 15 is 0 Å². The third-order valence-electron chi connectivity index (χ3n) is 4.25. The van der Waals surface area contributed by atoms with Crippen LogP contribution in [0.5, 0.6) is 34.5 Å². The molecule has 0 amide bonds. The zero-order valence-electron chi connectivity index (χ0n) is 15.0. The third kappa shape index (κ3) is 3.05. The predicted molar refractivity (Wildman–Crippen MR) is 101 cm³/mol. The quantitative estimate of drug-likeness (QED) is 0.296. The average Bonchev–Trinajstić information content (AvgIpc) is 2.61. The summed E-state index contributed by atoms with van der Waals surface area (Å²) in [5.41, 5.74) is -0.0608. The van der Waals surface area contributed by atoms with Gasteiger partial charge in [0.05, 0.1) is 0 Å². The lowest BCUT2D eigenvalue weighted by atomic mass is 10.0. The fraction of sp³-hybridized carbons (Fsp3) is 0.150. The molecule has 0 radical (unpaired) electrons. The van der Waals surface area contributed by atoms with Crippen molar-refractivity contribution < 1.29 is 35.1 Å². The van der Waals surface area contributed by atoms with Gasteiger partial charge in [0.25, 0.3) is 0 Å². The fourth-order valence-corrected chi connectivity index (χ4v) is 2.81. The van der Waals surface area contributed by atoms with Crippen molar-refractivity contribution in [1.82, 2.24) is 0 Å². The Labute approximate surface area is 158 Å². The highest BCUT2D eigenvalue weighted by atomic mass is 16.4. The van der Waals surface area contributed by atoms with Gasteiger partial charge >= 0.3 is 0 Å². The van der Waals surface area contributed by atoms with Gasteiger partial charge in [0, 0.05) is 17.2 Å². The van der Waals surface area contributed by atoms with E-state index in [0.717, 1.165) is 23.8 Å². The molecule has 8 heteroatoms. The molecule has 0 aliphatic carbocycles. The van der Waals surface area contributed by atoms with Gasteiger partial charge in [-0.25, -0.2) is 0 Å². The van der Waals surface area contributed by atoms with E-state index < -0.39 is 39.9 Å². The number of rotatable bonds is 3. The Balaban J connectivity index is 2.41. The topological polar surface area (TPSA) is 152 Å². The van der Waals surface area contributed by atoms with Crippen molar-refractivity contribution in [1.29, 1.82) is 0 Å². The van der Waals surface area contributed by atoms with Crippen LogP contribution in [0.1, 0.15) is 19.4 Å². The Kier molecular flexibility index (Phi) is 4.56. The van der Waals surface area contributed by atoms with Crippen molar-refractivity contribution in [3.63, 3.8) is 0 Å². The molecule has 28 heavy (non-hydrogen) atoms. The van der Waals surface area contributed by atoms with Gasteiger partial charge < -0.3 is 35.1 Å². The number of hydrogen-bond donors (Lipinski definition) is 6. The summed E-state index contributed by atoms with van der Waals surface area (Å²) in [5.74, 6) is -4.32. The smallest absolute Gasteiger partial charge is 0.238 e. The molecule has 0 spiro atoms. The number of hydrogen-bond acceptors (Lipinski definition) is 8. The molecule has 6 N–H and O–H groups in total. The van der Waals surface area contributed by atoms with Crippen molar-refractivity contribution in [2.75, 3.05) is 0 Å². The van der Waals surface area contributed by atoms with Gasteiger partial charge in [0.1, 0.15) is 22.5 Å². The molecule has 3 aromatic rings. The van der Waals surface area contributed by atoms with E-state index in [1.54, 1.807) is 6.08 Å². The molecule has 2 aromatic carbocycles. The second kappa shape index (κ2) is 6.73. The SMILES string of the molecule is CC(C)=CCc1c(O)cc(O)c2c(=O)c(O)c(-c3cc(O)c(O)c(O)c3)oc12. The van der Waals surface area contributed by atoms with Gasteiger partial charge in [-0.15, -0.1) is 0 Å². The van der Waals surface area contributed by atoms with E-state index in [1.165, 1.54) is 0 Å². The molecule has 0 saturated heterocycles. The summed E-state index contributed by atoms with van der Waals surface area (Å²) in [6, 6.07) is 2.96. The lowest BCUT2D eigenvalue weighted by Crippen LogP contribution is -2.05. The molecule has 8 nitrogen and oxygen atoms in total. The lowest BCUT2D eigenvalue weighted by Gasteiger charge is -2.12. The van der Waals surface area contributed by atoms with Gasteiger partial charge in [0.2, 0.25) is 11.2 Å². The molecule has 0 atom stereocenters. The van der Waals surface area contributed by atoms with E-state index in [1.807, 2.05) is 13.8 Å². The van der Waals surface area contributed by atoms with Crippen molar-refractivity contribution >= 4 is 11.0 Å². The van der Waals surface area contributed by atoms with Crippen LogP contribution in [0.3, 0.4) is 0 Å². The molecule has 3 rings (SSSR count). The molecule has 0 aliphatic rings. The largest absolute Gasteiger partial charge is 0.507 e. The first-order valence-electron chi connectivity index (χ1n) is 8.24. The van der Waals surface area contributed by atoms with Crippen LogP contribution in [0, 0.1) is 0 Å². The standard InChI is InChI=1S/C20H18O8/c1-8(2)3-4-10-11(21)7-12(22)15-17(26)18(27)19(28-20(10)15)9-5-13(23)16(25)14(24)6-9/h3,5-7,21-25,27H,4H2,1-2H3. The molecule has 0 bridgehead atoms. The van der Waals surface area contributed by atoms with E-state index in [0.29, 0.717) is 0 Å². The lowest BCUT2D eigenvalue weighted by molar-refractivity contribution is 0.368. The first kappa shape index (κ1) is 19.0. The third-order valence-corrected chi connectivity index (χ3v) is 4.25. The van der Waals surface area contributed by atoms with Crippen molar-refractivity contribution in [3.05, 3.63) is 45.6 Å². The van der Waals surface area contributed by atoms with E-state index in [4.69, 9.17) is 4.42 Å². The number of aromatic hydroxyl groups is 6. The maximum absolute atomic E-state index is 12.6. The molecular weight excluding hydrogens is 368 g/mol. The van der Waals surface area contributed by atoms with E-state index in [2.05, 4.69) is 0 Å². The van der Waals surface area contributed by atoms with Gasteiger partial charge in [-0.05, 0) is 32.4 Å². The Morgan fingerprint density at radius 1 is 0.893 bits per heavy atom. The van der Waals surface area contributed by atoms with E-state index in [9.17, 15) is 35.4 Å². The first-order chi connectivity index (χ1) is 13.1. The highest BCUT2D eigenvalue weighted by Crippen LogP contribution is 2.43. The highest BCUT2D eigenvalue weighted by molar-refractivity contribution is 5.91. The number of phenols is 5. The monoisotopic (exact) mass is 386 g/mol. The number of benzene rings is 2. The number of allylic oxidation sites excluding steroid dienone is 2. The zero-order chi connectivity index (χ0) is 20.7. The summed E-state index contributed by atoms with van der Waals surface area (Å²) >= 11 is 0. The van der Waals surface area contributed by atoms with Crippen LogP contribution in [-0.4, -0.2) is 30.6 Å². The van der Waals surface area contributed by atoms with Crippen LogP contribution < -0.4 is 5.43 Å². The van der Waals surface area contributed by atoms with Gasteiger partial charge in [-0.2, -0.15) is 0 Å². The molecule has 0 saturated carbocycles. The molecular formula is C20H18O8. The fourth-order valence-electron chi connectivity index (χ4n) is 2.81. The summed E-state index contributed by atoms with van der Waals surface area (Å²) < 4.78 is 5.63. The minimum atomic E-state index is -0.959. The minimum Gasteiger partial charge on any atom is -0.507 e. The van der Waals surface area contributed by atoms with Crippen LogP contribution >= 0.6 is 0 Å². The van der Waals surface area contributed by atoms with Crippen molar-refractivity contribution in [3.8, 4) is 45.8 Å². The average molecular weight is 386 g/mol. The summed E-state index contributed by atoms with van der Waals surface area (Å²) in [7, 11) is 0. The van der Waals surface area contributed by atoms with Crippen LogP contribution in [0.25, 0.3) is 22.3 Å². The van der Waals surface area contributed by atoms with Crippen LogP contribution in [0.2, 0.25) is 0 Å². The van der Waals surface area contributed by atoms with E-state index in [-0.39, 0.29) is 34.3 Å². The molecule has 1 heterocycles. The zero-order valence-corrected chi connectivity index (χ0v) is 15.0. The highest BCUT2D eigenvalue weighted by Gasteiger charge is 2.23. The maximum atomic E-state index is 12.6. The molecule has 0 fully saturated rings. The maximum Gasteiger partial charge on any atom is 0.238 e. The molecule has 146 valence electrons. The Bertz CT molecular complexity index is 1160. The van der Waals surface area contributed by atoms with Crippen LogP contribution in [-0.2, 0) is 6.42 Å². The van der Waals surface area contributed by atoms with Gasteiger partial charge in [0.15, 0.2) is 23.0 Å². The van der Waals surface area contributed by atoms with Gasteiger partial charge in [-0.3, -0.25) is 4.79 Å². The summed E-state index contributed by atoms with van der Waals surface area (Å²) in [6.45, 7) is 3.68. The van der Waals surface area contributed by atoms with Crippen molar-refractivity contribution in [2.24, 2.45) is 0 Å². The second-order valence-electron chi connectivity index (χ2n) is 6.56. The molecule has 0 unspecified atom stereocenters. The summed E-state index contributed by atoms with van der Waals surface area (Å²) in [4.78, 5) is 12.6. The normalized spacial score (nSPS) is 10.9. The summed E-state index contributed by atoms with van der Waals surface area (Å²) in [6.07, 6.45) is 1.96. The Morgan fingerprint density at radius 3 is 2.07 bits per heavy atom. The molecule has 1 aromatic heterocycles. The van der Waals surface area contributed by atoms with Crippen LogP contribution in [0.15, 0.2) is 39.1 Å². The predicted octanol–water partition coefficient (Wildman–Crippen LogP) is 3.20. The van der Waals surface area contributed by atoms with Crippen molar-refractivity contribution in [2.45, 2.75) is 20.3 Å². The Hall–Kier alpha value is -3.81. The minimum absolute atomic E-state index is 0.0969. The number of phenolic OH excluding ortho intramolecular Hbond substituents is 5. The second-order valence-corrected chi connectivity index (χ2v) is 6.56. The Morgan fingerprint density at radius 2 is 1.50 bits per heavy atom. The van der Waals surface area contributed by atoms with Crippen LogP contribution in [0.4, 0.5) is 0 Å². The molecule has 0 aliphatic heterocycles.